The Hall–Kier alpha value is -2.70. The summed E-state index contributed by atoms with van der Waals surface area (Å²) >= 11 is 0. The Kier molecular flexibility index (Phi) is 6.89. The molecule has 0 bridgehead atoms. The van der Waals surface area contributed by atoms with Crippen molar-refractivity contribution in [3.8, 4) is 11.1 Å². The van der Waals surface area contributed by atoms with Crippen molar-refractivity contribution < 1.29 is 9.59 Å². The Morgan fingerprint density at radius 3 is 1.23 bits per heavy atom. The Morgan fingerprint density at radius 1 is 0.654 bits per heavy atom. The molecular formula is C20H26N4O2. The van der Waals surface area contributed by atoms with Crippen LogP contribution in [0, 0.1) is 0 Å². The molecule has 2 aromatic carbocycles. The maximum Gasteiger partial charge on any atom is 0.252 e. The first-order chi connectivity index (χ1) is 12.4. The van der Waals surface area contributed by atoms with Crippen LogP contribution in [0.3, 0.4) is 0 Å². The minimum absolute atomic E-state index is 0.0989. The normalized spacial score (nSPS) is 10.8. The zero-order chi connectivity index (χ0) is 19.1. The molecule has 0 spiro atoms. The highest BCUT2D eigenvalue weighted by Gasteiger charge is 2.08. The molecule has 2 amide bonds. The average Bonchev–Trinajstić information content (AvgIpc) is 2.64. The second-order valence-electron chi connectivity index (χ2n) is 6.64. The van der Waals surface area contributed by atoms with Gasteiger partial charge in [-0.25, -0.2) is 0 Å². The third-order valence-electron chi connectivity index (χ3n) is 3.74. The zero-order valence-electron chi connectivity index (χ0n) is 15.7. The van der Waals surface area contributed by atoms with Gasteiger partial charge in [-0.1, -0.05) is 24.3 Å². The fraction of sp³-hybridized carbons (Fsp3) is 0.300. The summed E-state index contributed by atoms with van der Waals surface area (Å²) in [6, 6.07) is 14.8. The van der Waals surface area contributed by atoms with Crippen LogP contribution in [0.2, 0.25) is 0 Å². The molecule has 0 aliphatic carbocycles. The van der Waals surface area contributed by atoms with Gasteiger partial charge in [0.15, 0.2) is 0 Å². The van der Waals surface area contributed by atoms with Gasteiger partial charge in [0.25, 0.3) is 11.8 Å². The van der Waals surface area contributed by atoms with Crippen molar-refractivity contribution >= 4 is 11.8 Å². The molecule has 2 N–H and O–H groups in total. The highest BCUT2D eigenvalue weighted by atomic mass is 16.2. The lowest BCUT2D eigenvalue weighted by Gasteiger charge is -2.12. The monoisotopic (exact) mass is 354 g/mol. The van der Waals surface area contributed by atoms with E-state index in [0.717, 1.165) is 11.1 Å². The van der Waals surface area contributed by atoms with Crippen LogP contribution in [0.15, 0.2) is 48.5 Å². The number of amides is 2. The van der Waals surface area contributed by atoms with Gasteiger partial charge >= 0.3 is 0 Å². The maximum atomic E-state index is 12.0. The van der Waals surface area contributed by atoms with Crippen LogP contribution in [0.5, 0.6) is 0 Å². The Bertz CT molecular complexity index is 672. The van der Waals surface area contributed by atoms with Crippen molar-refractivity contribution in [2.24, 2.45) is 0 Å². The molecule has 138 valence electrons. The van der Waals surface area contributed by atoms with E-state index in [2.05, 4.69) is 10.6 Å². The third-order valence-corrected chi connectivity index (χ3v) is 3.74. The van der Waals surface area contributed by atoms with Gasteiger partial charge in [-0.2, -0.15) is 0 Å². The summed E-state index contributed by atoms with van der Waals surface area (Å²) in [4.78, 5) is 27.9. The van der Waals surface area contributed by atoms with Crippen molar-refractivity contribution in [3.05, 3.63) is 59.7 Å². The van der Waals surface area contributed by atoms with Crippen molar-refractivity contribution in [2.75, 3.05) is 41.5 Å². The van der Waals surface area contributed by atoms with Gasteiger partial charge in [-0.3, -0.25) is 19.4 Å². The van der Waals surface area contributed by atoms with E-state index >= 15 is 0 Å². The summed E-state index contributed by atoms with van der Waals surface area (Å²) < 4.78 is 0. The summed E-state index contributed by atoms with van der Waals surface area (Å²) in [5.41, 5.74) is 3.23. The van der Waals surface area contributed by atoms with Crippen LogP contribution >= 0.6 is 0 Å². The quantitative estimate of drug-likeness (QED) is 0.745. The lowest BCUT2D eigenvalue weighted by molar-refractivity contribution is 0.0927. The van der Waals surface area contributed by atoms with Crippen molar-refractivity contribution in [1.29, 1.82) is 0 Å². The summed E-state index contributed by atoms with van der Waals surface area (Å²) in [6.45, 7) is 0.996. The molecule has 0 aliphatic rings. The number of hydrogen-bond donors (Lipinski definition) is 2. The Balaban J connectivity index is 2.02. The number of carbonyl (C=O) groups is 2. The average molecular weight is 354 g/mol. The molecule has 2 aromatic rings. The predicted octanol–water partition coefficient (Wildman–Crippen LogP) is 1.85. The number of benzene rings is 2. The molecule has 0 saturated carbocycles. The number of carbonyl (C=O) groups excluding carboxylic acids is 2. The lowest BCUT2D eigenvalue weighted by atomic mass is 10.0. The molecule has 2 rings (SSSR count). The standard InChI is InChI=1S/C20H26N4O2/c1-23(2)13-21-19(25)17-9-5-15(6-10-17)16-7-11-18(12-8-16)20(26)22-14-24(3)4/h5-12H,13-14H2,1-4H3,(H,21,25)(H,22,26). The SMILES string of the molecule is CN(C)CNC(=O)c1ccc(-c2ccc(C(=O)NCN(C)C)cc2)cc1. The lowest BCUT2D eigenvalue weighted by Crippen LogP contribution is -2.33. The molecule has 0 fully saturated rings. The zero-order valence-corrected chi connectivity index (χ0v) is 15.7. The molecule has 0 unspecified atom stereocenters. The fourth-order valence-corrected chi connectivity index (χ4v) is 2.29. The summed E-state index contributed by atoms with van der Waals surface area (Å²) in [5, 5.41) is 5.67. The predicted molar refractivity (Wildman–Crippen MR) is 104 cm³/mol. The summed E-state index contributed by atoms with van der Waals surface area (Å²) in [5.74, 6) is -0.198. The molecule has 0 aliphatic heterocycles. The first-order valence-electron chi connectivity index (χ1n) is 8.43. The van der Waals surface area contributed by atoms with E-state index in [-0.39, 0.29) is 11.8 Å². The van der Waals surface area contributed by atoms with Crippen molar-refractivity contribution in [1.82, 2.24) is 20.4 Å². The van der Waals surface area contributed by atoms with Crippen molar-refractivity contribution in [2.45, 2.75) is 0 Å². The van der Waals surface area contributed by atoms with Crippen LogP contribution in [0.4, 0.5) is 0 Å². The maximum absolute atomic E-state index is 12.0. The number of nitrogens with zero attached hydrogens (tertiary/aromatic N) is 2. The molecule has 0 radical (unpaired) electrons. The number of hydrogen-bond acceptors (Lipinski definition) is 4. The number of rotatable bonds is 7. The van der Waals surface area contributed by atoms with E-state index in [1.54, 1.807) is 24.3 Å². The largest absolute Gasteiger partial charge is 0.339 e. The topological polar surface area (TPSA) is 64.7 Å². The van der Waals surface area contributed by atoms with E-state index in [1.807, 2.05) is 62.3 Å². The molecule has 6 heteroatoms. The van der Waals surface area contributed by atoms with Gasteiger partial charge in [-0.05, 0) is 63.6 Å². The molecule has 0 saturated heterocycles. The van der Waals surface area contributed by atoms with E-state index in [0.29, 0.717) is 24.5 Å². The minimum Gasteiger partial charge on any atom is -0.339 e. The second kappa shape index (κ2) is 9.12. The highest BCUT2D eigenvalue weighted by Crippen LogP contribution is 2.20. The van der Waals surface area contributed by atoms with Gasteiger partial charge in [0.05, 0.1) is 13.3 Å². The third kappa shape index (κ3) is 5.68. The van der Waals surface area contributed by atoms with E-state index < -0.39 is 0 Å². The summed E-state index contributed by atoms with van der Waals surface area (Å²) in [7, 11) is 7.59. The van der Waals surface area contributed by atoms with Crippen LogP contribution < -0.4 is 10.6 Å². The molecule has 0 atom stereocenters. The van der Waals surface area contributed by atoms with Gasteiger partial charge in [0.1, 0.15) is 0 Å². The molecular weight excluding hydrogens is 328 g/mol. The Morgan fingerprint density at radius 2 is 0.962 bits per heavy atom. The van der Waals surface area contributed by atoms with Crippen LogP contribution in [-0.2, 0) is 0 Å². The first kappa shape index (κ1) is 19.6. The van der Waals surface area contributed by atoms with Gasteiger partial charge in [0.2, 0.25) is 0 Å². The van der Waals surface area contributed by atoms with Crippen molar-refractivity contribution in [3.63, 3.8) is 0 Å². The van der Waals surface area contributed by atoms with Gasteiger partial charge in [-0.15, -0.1) is 0 Å². The van der Waals surface area contributed by atoms with Crippen LogP contribution in [-0.4, -0.2) is 63.1 Å². The fourth-order valence-electron chi connectivity index (χ4n) is 2.29. The minimum atomic E-state index is -0.0989. The smallest absolute Gasteiger partial charge is 0.252 e. The van der Waals surface area contributed by atoms with Crippen LogP contribution in [0.1, 0.15) is 20.7 Å². The van der Waals surface area contributed by atoms with Crippen LogP contribution in [0.25, 0.3) is 11.1 Å². The van der Waals surface area contributed by atoms with Gasteiger partial charge < -0.3 is 10.6 Å². The first-order valence-corrected chi connectivity index (χ1v) is 8.43. The highest BCUT2D eigenvalue weighted by molar-refractivity contribution is 5.95. The van der Waals surface area contributed by atoms with Gasteiger partial charge in [0, 0.05) is 11.1 Å². The van der Waals surface area contributed by atoms with E-state index in [4.69, 9.17) is 0 Å². The van der Waals surface area contributed by atoms with E-state index in [1.165, 1.54) is 0 Å². The number of nitrogens with one attached hydrogen (secondary N) is 2. The molecule has 6 nitrogen and oxygen atoms in total. The molecule has 0 heterocycles. The molecule has 26 heavy (non-hydrogen) atoms. The molecule has 0 aromatic heterocycles. The van der Waals surface area contributed by atoms with E-state index in [9.17, 15) is 9.59 Å². The second-order valence-corrected chi connectivity index (χ2v) is 6.64. The summed E-state index contributed by atoms with van der Waals surface area (Å²) in [6.07, 6.45) is 0. The Labute approximate surface area is 154 Å².